The third kappa shape index (κ3) is 5.66. The second-order valence-corrected chi connectivity index (χ2v) is 9.20. The summed E-state index contributed by atoms with van der Waals surface area (Å²) >= 11 is 1.63. The van der Waals surface area contributed by atoms with Gasteiger partial charge in [-0.2, -0.15) is 0 Å². The Kier molecular flexibility index (Phi) is 8.82. The molecule has 146 valence electrons. The molecule has 6 nitrogen and oxygen atoms in total. The van der Waals surface area contributed by atoms with E-state index in [1.807, 2.05) is 29.1 Å². The SMILES string of the molecule is CCNC(=NCc1cn2ccsc2n1)NC1CCCC(S(=O)CC)C1.I. The number of hydrogen-bond donors (Lipinski definition) is 2. The van der Waals surface area contributed by atoms with Crippen molar-refractivity contribution in [3.63, 3.8) is 0 Å². The summed E-state index contributed by atoms with van der Waals surface area (Å²) < 4.78 is 14.2. The fraction of sp³-hybridized carbons (Fsp3) is 0.647. The first kappa shape index (κ1) is 21.6. The highest BCUT2D eigenvalue weighted by Gasteiger charge is 2.26. The van der Waals surface area contributed by atoms with E-state index in [1.54, 1.807) is 11.3 Å². The van der Waals surface area contributed by atoms with Crippen molar-refractivity contribution in [3.8, 4) is 0 Å². The van der Waals surface area contributed by atoms with Crippen LogP contribution in [-0.4, -0.2) is 43.1 Å². The Balaban J connectivity index is 0.00000243. The summed E-state index contributed by atoms with van der Waals surface area (Å²) in [6, 6.07) is 0.345. The van der Waals surface area contributed by atoms with Crippen molar-refractivity contribution < 1.29 is 4.21 Å². The van der Waals surface area contributed by atoms with Crippen molar-refractivity contribution in [1.82, 2.24) is 20.0 Å². The van der Waals surface area contributed by atoms with Gasteiger partial charge in [-0.05, 0) is 26.2 Å². The molecule has 2 heterocycles. The van der Waals surface area contributed by atoms with Crippen LogP contribution >= 0.6 is 35.3 Å². The number of aromatic nitrogens is 2. The van der Waals surface area contributed by atoms with Crippen LogP contribution in [0.5, 0.6) is 0 Å². The molecule has 1 aliphatic rings. The molecule has 3 rings (SSSR count). The van der Waals surface area contributed by atoms with Crippen molar-refractivity contribution in [1.29, 1.82) is 0 Å². The van der Waals surface area contributed by atoms with Gasteiger partial charge in [0.25, 0.3) is 0 Å². The summed E-state index contributed by atoms with van der Waals surface area (Å²) in [5, 5.41) is 9.20. The van der Waals surface area contributed by atoms with Gasteiger partial charge in [0.1, 0.15) is 0 Å². The van der Waals surface area contributed by atoms with Gasteiger partial charge in [-0.25, -0.2) is 9.98 Å². The number of halogens is 1. The van der Waals surface area contributed by atoms with Gasteiger partial charge in [0.05, 0.1) is 12.2 Å². The number of thiazole rings is 1. The number of nitrogens with zero attached hydrogens (tertiary/aromatic N) is 3. The quantitative estimate of drug-likeness (QED) is 0.357. The molecule has 2 aromatic rings. The predicted octanol–water partition coefficient (Wildman–Crippen LogP) is 3.15. The first-order chi connectivity index (χ1) is 12.2. The molecule has 3 atom stereocenters. The standard InChI is InChI=1S/C17H27N5OS2.HI/c1-3-18-16(19-11-14-12-22-8-9-24-17(22)21-14)20-13-6-5-7-15(10-13)25(23)4-2;/h8-9,12-13,15H,3-7,10-11H2,1-2H3,(H2,18,19,20);1H. The van der Waals surface area contributed by atoms with Gasteiger partial charge in [-0.3, -0.25) is 8.61 Å². The predicted molar refractivity (Wildman–Crippen MR) is 121 cm³/mol. The van der Waals surface area contributed by atoms with Crippen LogP contribution in [0.3, 0.4) is 0 Å². The molecule has 1 fully saturated rings. The molecule has 2 N–H and O–H groups in total. The molecule has 0 bridgehead atoms. The molecule has 0 amide bonds. The lowest BCUT2D eigenvalue weighted by molar-refractivity contribution is 0.413. The number of aliphatic imine (C=N–C) groups is 1. The third-order valence-corrected chi connectivity index (χ3v) is 7.02. The van der Waals surface area contributed by atoms with Crippen LogP contribution in [0.2, 0.25) is 0 Å². The average molecular weight is 509 g/mol. The number of rotatable bonds is 6. The third-order valence-electron chi connectivity index (χ3n) is 4.51. The number of guanidine groups is 1. The molecule has 3 unspecified atom stereocenters. The number of nitrogens with one attached hydrogen (secondary N) is 2. The molecular weight excluding hydrogens is 481 g/mol. The molecule has 0 spiro atoms. The summed E-state index contributed by atoms with van der Waals surface area (Å²) in [7, 11) is -0.702. The summed E-state index contributed by atoms with van der Waals surface area (Å²) in [6.45, 7) is 5.45. The van der Waals surface area contributed by atoms with Crippen LogP contribution in [0.4, 0.5) is 0 Å². The molecule has 9 heteroatoms. The maximum atomic E-state index is 12.1. The van der Waals surface area contributed by atoms with Crippen molar-refractivity contribution in [3.05, 3.63) is 23.5 Å². The lowest BCUT2D eigenvalue weighted by Gasteiger charge is -2.30. The fourth-order valence-electron chi connectivity index (χ4n) is 3.28. The molecule has 1 aliphatic carbocycles. The molecule has 0 saturated heterocycles. The van der Waals surface area contributed by atoms with E-state index in [4.69, 9.17) is 4.99 Å². The maximum absolute atomic E-state index is 12.1. The highest BCUT2D eigenvalue weighted by molar-refractivity contribution is 14.0. The molecular formula is C17H28IN5OS2. The van der Waals surface area contributed by atoms with E-state index in [1.165, 1.54) is 0 Å². The average Bonchev–Trinajstić information content (AvgIpc) is 3.21. The Hall–Kier alpha value is -0.680. The van der Waals surface area contributed by atoms with Crippen molar-refractivity contribution in [2.75, 3.05) is 12.3 Å². The van der Waals surface area contributed by atoms with Crippen molar-refractivity contribution in [2.45, 2.75) is 57.4 Å². The Labute approximate surface area is 178 Å². The summed E-state index contributed by atoms with van der Waals surface area (Å²) in [5.41, 5.74) is 0.970. The van der Waals surface area contributed by atoms with Gasteiger partial charge >= 0.3 is 0 Å². The van der Waals surface area contributed by atoms with E-state index in [9.17, 15) is 4.21 Å². The van der Waals surface area contributed by atoms with Crippen LogP contribution < -0.4 is 10.6 Å². The first-order valence-electron chi connectivity index (χ1n) is 9.02. The Morgan fingerprint density at radius 1 is 1.46 bits per heavy atom. The topological polar surface area (TPSA) is 70.8 Å². The van der Waals surface area contributed by atoms with Gasteiger partial charge in [-0.15, -0.1) is 35.3 Å². The van der Waals surface area contributed by atoms with Gasteiger partial charge in [0, 0.05) is 52.2 Å². The van der Waals surface area contributed by atoms with Crippen molar-refractivity contribution in [2.24, 2.45) is 4.99 Å². The first-order valence-corrected chi connectivity index (χ1v) is 11.3. The highest BCUT2D eigenvalue weighted by atomic mass is 127. The number of imidazole rings is 1. The molecule has 0 radical (unpaired) electrons. The summed E-state index contributed by atoms with van der Waals surface area (Å²) in [6.07, 6.45) is 8.33. The lowest BCUT2D eigenvalue weighted by atomic mass is 9.95. The van der Waals surface area contributed by atoms with Gasteiger partial charge in [0.2, 0.25) is 0 Å². The zero-order valence-corrected chi connectivity index (χ0v) is 19.3. The molecule has 0 aliphatic heterocycles. The number of hydrogen-bond acceptors (Lipinski definition) is 4. The van der Waals surface area contributed by atoms with Crippen LogP contribution in [-0.2, 0) is 17.3 Å². The van der Waals surface area contributed by atoms with Crippen LogP contribution in [0.1, 0.15) is 45.2 Å². The lowest BCUT2D eigenvalue weighted by Crippen LogP contribution is -2.46. The highest BCUT2D eigenvalue weighted by Crippen LogP contribution is 2.23. The molecule has 0 aromatic carbocycles. The zero-order valence-electron chi connectivity index (χ0n) is 15.3. The smallest absolute Gasteiger partial charge is 0.193 e. The van der Waals surface area contributed by atoms with Gasteiger partial charge in [0.15, 0.2) is 10.9 Å². The molecule has 1 saturated carbocycles. The maximum Gasteiger partial charge on any atom is 0.193 e. The van der Waals surface area contributed by atoms with E-state index in [-0.39, 0.29) is 24.0 Å². The van der Waals surface area contributed by atoms with Crippen LogP contribution in [0, 0.1) is 0 Å². The van der Waals surface area contributed by atoms with Crippen molar-refractivity contribution >= 4 is 57.0 Å². The minimum Gasteiger partial charge on any atom is -0.357 e. The summed E-state index contributed by atoms with van der Waals surface area (Å²) in [4.78, 5) is 10.3. The van der Waals surface area contributed by atoms with Crippen LogP contribution in [0.15, 0.2) is 22.8 Å². The van der Waals surface area contributed by atoms with E-state index in [0.29, 0.717) is 17.8 Å². The van der Waals surface area contributed by atoms with Gasteiger partial charge < -0.3 is 10.6 Å². The van der Waals surface area contributed by atoms with Crippen LogP contribution in [0.25, 0.3) is 4.96 Å². The van der Waals surface area contributed by atoms with E-state index >= 15 is 0 Å². The Morgan fingerprint density at radius 2 is 2.31 bits per heavy atom. The molecule has 2 aromatic heterocycles. The minimum atomic E-state index is -0.702. The minimum absolute atomic E-state index is 0. The zero-order chi connectivity index (χ0) is 17.6. The Morgan fingerprint density at radius 3 is 3.04 bits per heavy atom. The second kappa shape index (κ2) is 10.6. The molecule has 26 heavy (non-hydrogen) atoms. The largest absolute Gasteiger partial charge is 0.357 e. The normalized spacial score (nSPS) is 22.0. The van der Waals surface area contributed by atoms with Gasteiger partial charge in [-0.1, -0.05) is 13.3 Å². The Bertz CT molecular complexity index is 716. The monoisotopic (exact) mass is 509 g/mol. The van der Waals surface area contributed by atoms with E-state index in [2.05, 4.69) is 22.5 Å². The number of fused-ring (bicyclic) bond motifs is 1. The van der Waals surface area contributed by atoms with E-state index < -0.39 is 10.8 Å². The fourth-order valence-corrected chi connectivity index (χ4v) is 5.34. The van der Waals surface area contributed by atoms with E-state index in [0.717, 1.165) is 54.6 Å². The summed E-state index contributed by atoms with van der Waals surface area (Å²) in [5.74, 6) is 1.58. The second-order valence-electron chi connectivity index (χ2n) is 6.32.